The maximum absolute atomic E-state index is 5.93. The molecule has 3 rings (SSSR count). The molecule has 1 saturated heterocycles. The SMILES string of the molecule is CC(C=NN1CCN(Cc2ccc(Cl)cc2)CC1)=Cc1ccco1. The third kappa shape index (κ3) is 4.98. The van der Waals surface area contributed by atoms with Gasteiger partial charge in [0.25, 0.3) is 0 Å². The lowest BCUT2D eigenvalue weighted by Crippen LogP contribution is -2.43. The average molecular weight is 344 g/mol. The van der Waals surface area contributed by atoms with Crippen LogP contribution in [0.3, 0.4) is 0 Å². The van der Waals surface area contributed by atoms with Crippen LogP contribution in [0, 0.1) is 0 Å². The molecule has 0 radical (unpaired) electrons. The van der Waals surface area contributed by atoms with Crippen molar-refractivity contribution in [2.45, 2.75) is 13.5 Å². The highest BCUT2D eigenvalue weighted by molar-refractivity contribution is 6.30. The Morgan fingerprint density at radius 3 is 2.58 bits per heavy atom. The van der Waals surface area contributed by atoms with E-state index in [4.69, 9.17) is 16.0 Å². The van der Waals surface area contributed by atoms with Gasteiger partial charge < -0.3 is 4.42 Å². The van der Waals surface area contributed by atoms with Crippen LogP contribution in [0.2, 0.25) is 5.02 Å². The van der Waals surface area contributed by atoms with Crippen molar-refractivity contribution in [2.75, 3.05) is 26.2 Å². The highest BCUT2D eigenvalue weighted by atomic mass is 35.5. The molecule has 1 aromatic carbocycles. The molecule has 126 valence electrons. The van der Waals surface area contributed by atoms with E-state index in [1.54, 1.807) is 6.26 Å². The van der Waals surface area contributed by atoms with Crippen LogP contribution in [0.4, 0.5) is 0 Å². The van der Waals surface area contributed by atoms with Gasteiger partial charge in [-0.05, 0) is 48.4 Å². The highest BCUT2D eigenvalue weighted by Gasteiger charge is 2.15. The van der Waals surface area contributed by atoms with Crippen LogP contribution < -0.4 is 0 Å². The first kappa shape index (κ1) is 16.8. The summed E-state index contributed by atoms with van der Waals surface area (Å²) in [7, 11) is 0. The van der Waals surface area contributed by atoms with Crippen LogP contribution in [0.15, 0.2) is 57.8 Å². The molecule has 2 heterocycles. The number of hydrazone groups is 1. The lowest BCUT2D eigenvalue weighted by atomic mass is 10.2. The van der Waals surface area contributed by atoms with Crippen molar-refractivity contribution in [2.24, 2.45) is 5.10 Å². The number of allylic oxidation sites excluding steroid dienone is 1. The number of hydrogen-bond donors (Lipinski definition) is 0. The van der Waals surface area contributed by atoms with Crippen LogP contribution in [-0.2, 0) is 6.54 Å². The Morgan fingerprint density at radius 2 is 1.92 bits per heavy atom. The first-order chi connectivity index (χ1) is 11.7. The predicted octanol–water partition coefficient (Wildman–Crippen LogP) is 4.14. The van der Waals surface area contributed by atoms with E-state index in [0.29, 0.717) is 0 Å². The van der Waals surface area contributed by atoms with Gasteiger partial charge in [0, 0.05) is 37.7 Å². The van der Waals surface area contributed by atoms with Crippen molar-refractivity contribution >= 4 is 23.9 Å². The first-order valence-electron chi connectivity index (χ1n) is 8.16. The van der Waals surface area contributed by atoms with E-state index >= 15 is 0 Å². The Balaban J connectivity index is 1.46. The van der Waals surface area contributed by atoms with Crippen molar-refractivity contribution in [3.63, 3.8) is 0 Å². The summed E-state index contributed by atoms with van der Waals surface area (Å²) in [5, 5.41) is 7.48. The Kier molecular flexibility index (Phi) is 5.72. The maximum Gasteiger partial charge on any atom is 0.126 e. The first-order valence-corrected chi connectivity index (χ1v) is 8.54. The number of furan rings is 1. The predicted molar refractivity (Wildman–Crippen MR) is 99.2 cm³/mol. The number of halogens is 1. The molecule has 1 aromatic heterocycles. The van der Waals surface area contributed by atoms with E-state index in [0.717, 1.165) is 49.1 Å². The van der Waals surface area contributed by atoms with E-state index in [2.05, 4.69) is 27.1 Å². The molecule has 24 heavy (non-hydrogen) atoms. The fraction of sp³-hybridized carbons (Fsp3) is 0.316. The Bertz CT molecular complexity index is 684. The smallest absolute Gasteiger partial charge is 0.126 e. The van der Waals surface area contributed by atoms with Crippen LogP contribution in [0.1, 0.15) is 18.2 Å². The third-order valence-electron chi connectivity index (χ3n) is 4.01. The Hall–Kier alpha value is -2.04. The van der Waals surface area contributed by atoms with E-state index in [9.17, 15) is 0 Å². The highest BCUT2D eigenvalue weighted by Crippen LogP contribution is 2.13. The van der Waals surface area contributed by atoms with Gasteiger partial charge in [-0.2, -0.15) is 5.10 Å². The second kappa shape index (κ2) is 8.18. The second-order valence-corrected chi connectivity index (χ2v) is 6.44. The average Bonchev–Trinajstić information content (AvgIpc) is 3.09. The van der Waals surface area contributed by atoms with Crippen LogP contribution in [-0.4, -0.2) is 42.3 Å². The van der Waals surface area contributed by atoms with Crippen LogP contribution in [0.5, 0.6) is 0 Å². The van der Waals surface area contributed by atoms with Crippen molar-refractivity contribution in [3.8, 4) is 0 Å². The summed E-state index contributed by atoms with van der Waals surface area (Å²) in [5.74, 6) is 0.853. The van der Waals surface area contributed by atoms with Crippen molar-refractivity contribution in [1.29, 1.82) is 0 Å². The lowest BCUT2D eigenvalue weighted by Gasteiger charge is -2.33. The molecule has 2 aromatic rings. The largest absolute Gasteiger partial charge is 0.465 e. The minimum absolute atomic E-state index is 0.788. The summed E-state index contributed by atoms with van der Waals surface area (Å²) in [6.45, 7) is 6.91. The third-order valence-corrected chi connectivity index (χ3v) is 4.26. The van der Waals surface area contributed by atoms with Crippen molar-refractivity contribution < 1.29 is 4.42 Å². The minimum atomic E-state index is 0.788. The summed E-state index contributed by atoms with van der Waals surface area (Å²) >= 11 is 5.93. The summed E-state index contributed by atoms with van der Waals surface area (Å²) < 4.78 is 5.31. The van der Waals surface area contributed by atoms with E-state index in [1.807, 2.05) is 43.5 Å². The molecule has 4 nitrogen and oxygen atoms in total. The number of piperazine rings is 1. The van der Waals surface area contributed by atoms with Gasteiger partial charge in [0.05, 0.1) is 12.5 Å². The van der Waals surface area contributed by atoms with Gasteiger partial charge in [-0.1, -0.05) is 23.7 Å². The van der Waals surface area contributed by atoms with Gasteiger partial charge in [0.15, 0.2) is 0 Å². The topological polar surface area (TPSA) is 32.0 Å². The maximum atomic E-state index is 5.93. The molecule has 0 unspecified atom stereocenters. The van der Waals surface area contributed by atoms with Crippen molar-refractivity contribution in [3.05, 3.63) is 64.6 Å². The van der Waals surface area contributed by atoms with Gasteiger partial charge in [0.1, 0.15) is 5.76 Å². The fourth-order valence-electron chi connectivity index (χ4n) is 2.67. The number of rotatable bonds is 5. The number of nitrogens with zero attached hydrogens (tertiary/aromatic N) is 3. The molecule has 0 saturated carbocycles. The number of hydrogen-bond acceptors (Lipinski definition) is 4. The summed E-state index contributed by atoms with van der Waals surface area (Å²) in [6, 6.07) is 11.9. The van der Waals surface area contributed by atoms with Gasteiger partial charge in [-0.3, -0.25) is 9.91 Å². The Morgan fingerprint density at radius 1 is 1.17 bits per heavy atom. The molecule has 1 aliphatic heterocycles. The van der Waals surface area contributed by atoms with Gasteiger partial charge in [-0.25, -0.2) is 0 Å². The zero-order valence-electron chi connectivity index (χ0n) is 13.9. The quantitative estimate of drug-likeness (QED) is 0.765. The van der Waals surface area contributed by atoms with Gasteiger partial charge >= 0.3 is 0 Å². The molecular formula is C19H22ClN3O. The van der Waals surface area contributed by atoms with Crippen molar-refractivity contribution in [1.82, 2.24) is 9.91 Å². The molecule has 0 amide bonds. The molecule has 0 spiro atoms. The summed E-state index contributed by atoms with van der Waals surface area (Å²) in [5.41, 5.74) is 2.38. The van der Waals surface area contributed by atoms with Gasteiger partial charge in [0.2, 0.25) is 0 Å². The molecule has 0 aliphatic carbocycles. The fourth-order valence-corrected chi connectivity index (χ4v) is 2.79. The van der Waals surface area contributed by atoms with Gasteiger partial charge in [-0.15, -0.1) is 0 Å². The minimum Gasteiger partial charge on any atom is -0.465 e. The molecular weight excluding hydrogens is 322 g/mol. The molecule has 1 fully saturated rings. The molecule has 5 heteroatoms. The van der Waals surface area contributed by atoms with E-state index < -0.39 is 0 Å². The summed E-state index contributed by atoms with van der Waals surface area (Å²) in [6.07, 6.45) is 5.56. The number of benzene rings is 1. The molecule has 0 N–H and O–H groups in total. The normalized spacial score (nSPS) is 16.9. The molecule has 0 bridgehead atoms. The monoisotopic (exact) mass is 343 g/mol. The molecule has 0 atom stereocenters. The standard InChI is InChI=1S/C19H22ClN3O/c1-16(13-19-3-2-12-24-19)14-21-23-10-8-22(9-11-23)15-17-4-6-18(20)7-5-17/h2-7,12-14H,8-11,15H2,1H3. The van der Waals surface area contributed by atoms with Crippen LogP contribution in [0.25, 0.3) is 6.08 Å². The van der Waals surface area contributed by atoms with E-state index in [-0.39, 0.29) is 0 Å². The molecule has 1 aliphatic rings. The second-order valence-electron chi connectivity index (χ2n) is 6.00. The van der Waals surface area contributed by atoms with Crippen LogP contribution >= 0.6 is 11.6 Å². The summed E-state index contributed by atoms with van der Waals surface area (Å²) in [4.78, 5) is 2.45. The van der Waals surface area contributed by atoms with E-state index in [1.165, 1.54) is 5.56 Å². The lowest BCUT2D eigenvalue weighted by molar-refractivity contribution is 0.131. The zero-order chi connectivity index (χ0) is 16.8. The zero-order valence-corrected chi connectivity index (χ0v) is 14.6. The Labute approximate surface area is 148 Å².